The molecule has 6 heteroatoms. The molecule has 1 unspecified atom stereocenters. The Morgan fingerprint density at radius 1 is 1.32 bits per heavy atom. The Labute approximate surface area is 128 Å². The van der Waals surface area contributed by atoms with E-state index in [4.69, 9.17) is 5.26 Å². The van der Waals surface area contributed by atoms with Crippen molar-refractivity contribution in [1.29, 1.82) is 5.26 Å². The lowest BCUT2D eigenvalue weighted by atomic mass is 9.85. The van der Waals surface area contributed by atoms with Crippen LogP contribution in [0.15, 0.2) is 24.3 Å². The molecule has 1 saturated heterocycles. The van der Waals surface area contributed by atoms with E-state index in [9.17, 15) is 14.0 Å². The van der Waals surface area contributed by atoms with Crippen LogP contribution in [0.5, 0.6) is 0 Å². The van der Waals surface area contributed by atoms with E-state index in [0.717, 1.165) is 17.7 Å². The lowest BCUT2D eigenvalue weighted by Gasteiger charge is -2.27. The highest BCUT2D eigenvalue weighted by Gasteiger charge is 2.51. The minimum atomic E-state index is -1.16. The topological polar surface area (TPSA) is 73.2 Å². The molecule has 0 aliphatic carbocycles. The number of nitriles is 1. The molecule has 3 amide bonds. The van der Waals surface area contributed by atoms with Crippen LogP contribution in [-0.2, 0) is 10.3 Å². The molecular formula is C16H18FN3O2. The smallest absolute Gasteiger partial charge is 0.319 e. The largest absolute Gasteiger partial charge is 0.325 e. The zero-order chi connectivity index (χ0) is 16.2. The number of amides is 3. The van der Waals surface area contributed by atoms with Crippen LogP contribution in [0.1, 0.15) is 38.2 Å². The van der Waals surface area contributed by atoms with Gasteiger partial charge in [-0.3, -0.25) is 9.69 Å². The Kier molecular flexibility index (Phi) is 4.76. The standard InChI is InChI=1S/C16H18FN3O2/c1-2-3-9-16(12-5-7-13(17)8-6-12)14(21)20(11-4-10-18)15(22)19-16/h5-8H,2-4,9,11H2,1H3,(H,19,22). The molecule has 1 aromatic rings. The molecule has 0 spiro atoms. The highest BCUT2D eigenvalue weighted by atomic mass is 19.1. The number of benzene rings is 1. The Morgan fingerprint density at radius 3 is 2.59 bits per heavy atom. The third-order valence-electron chi connectivity index (χ3n) is 3.87. The number of nitrogens with zero attached hydrogens (tertiary/aromatic N) is 2. The van der Waals surface area contributed by atoms with Gasteiger partial charge in [0.2, 0.25) is 0 Å². The van der Waals surface area contributed by atoms with Crippen molar-refractivity contribution >= 4 is 11.9 Å². The van der Waals surface area contributed by atoms with Gasteiger partial charge in [-0.15, -0.1) is 0 Å². The van der Waals surface area contributed by atoms with E-state index in [-0.39, 0.29) is 18.9 Å². The van der Waals surface area contributed by atoms with Crippen molar-refractivity contribution in [2.75, 3.05) is 6.54 Å². The predicted octanol–water partition coefficient (Wildman–Crippen LogP) is 2.68. The first-order valence-corrected chi connectivity index (χ1v) is 7.32. The van der Waals surface area contributed by atoms with Crippen LogP contribution in [0.2, 0.25) is 0 Å². The molecule has 22 heavy (non-hydrogen) atoms. The SMILES string of the molecule is CCCCC1(c2ccc(F)cc2)NC(=O)N(CCC#N)C1=O. The van der Waals surface area contributed by atoms with Gasteiger partial charge in [-0.25, -0.2) is 9.18 Å². The number of carbonyl (C=O) groups is 2. The number of urea groups is 1. The summed E-state index contributed by atoms with van der Waals surface area (Å²) in [6.07, 6.45) is 2.15. The molecule has 1 N–H and O–H groups in total. The summed E-state index contributed by atoms with van der Waals surface area (Å²) in [6, 6.07) is 7.04. The molecule has 1 atom stereocenters. The lowest BCUT2D eigenvalue weighted by molar-refractivity contribution is -0.131. The first-order valence-electron chi connectivity index (χ1n) is 7.32. The molecule has 0 bridgehead atoms. The lowest BCUT2D eigenvalue weighted by Crippen LogP contribution is -2.44. The van der Waals surface area contributed by atoms with Crippen molar-refractivity contribution in [3.05, 3.63) is 35.6 Å². The number of nitrogens with one attached hydrogen (secondary N) is 1. The fourth-order valence-corrected chi connectivity index (χ4v) is 2.68. The maximum Gasteiger partial charge on any atom is 0.325 e. The molecule has 5 nitrogen and oxygen atoms in total. The molecule has 1 aliphatic heterocycles. The van der Waals surface area contributed by atoms with Crippen molar-refractivity contribution in [1.82, 2.24) is 10.2 Å². The summed E-state index contributed by atoms with van der Waals surface area (Å²) in [5.74, 6) is -0.764. The number of carbonyl (C=O) groups excluding carboxylic acids is 2. The quantitative estimate of drug-likeness (QED) is 0.821. The monoisotopic (exact) mass is 303 g/mol. The molecule has 1 fully saturated rings. The maximum absolute atomic E-state index is 13.1. The molecule has 0 aromatic heterocycles. The second-order valence-corrected chi connectivity index (χ2v) is 5.31. The fraction of sp³-hybridized carbons (Fsp3) is 0.438. The van der Waals surface area contributed by atoms with Crippen LogP contribution in [0.25, 0.3) is 0 Å². The van der Waals surface area contributed by atoms with Crippen molar-refractivity contribution in [3.8, 4) is 6.07 Å². The summed E-state index contributed by atoms with van der Waals surface area (Å²) in [6.45, 7) is 2.06. The van der Waals surface area contributed by atoms with Crippen molar-refractivity contribution in [2.45, 2.75) is 38.1 Å². The van der Waals surface area contributed by atoms with Crippen molar-refractivity contribution in [3.63, 3.8) is 0 Å². The van der Waals surface area contributed by atoms with Crippen LogP contribution in [0.4, 0.5) is 9.18 Å². The van der Waals surface area contributed by atoms with Gasteiger partial charge in [-0.2, -0.15) is 5.26 Å². The van der Waals surface area contributed by atoms with Crippen LogP contribution in [-0.4, -0.2) is 23.4 Å². The van der Waals surface area contributed by atoms with Gasteiger partial charge in [-0.05, 0) is 24.1 Å². The summed E-state index contributed by atoms with van der Waals surface area (Å²) >= 11 is 0. The molecule has 0 radical (unpaired) electrons. The minimum absolute atomic E-state index is 0.0657. The van der Waals surface area contributed by atoms with Gasteiger partial charge in [0.05, 0.1) is 12.5 Å². The van der Waals surface area contributed by atoms with Crippen LogP contribution in [0, 0.1) is 17.1 Å². The summed E-state index contributed by atoms with van der Waals surface area (Å²) in [7, 11) is 0. The normalized spacial score (nSPS) is 20.9. The number of hydrogen-bond donors (Lipinski definition) is 1. The molecule has 116 valence electrons. The summed E-state index contributed by atoms with van der Waals surface area (Å²) in [5, 5.41) is 11.4. The second-order valence-electron chi connectivity index (χ2n) is 5.31. The number of hydrogen-bond acceptors (Lipinski definition) is 3. The maximum atomic E-state index is 13.1. The molecule has 1 aliphatic rings. The predicted molar refractivity (Wildman–Crippen MR) is 78.1 cm³/mol. The Hall–Kier alpha value is -2.42. The van der Waals surface area contributed by atoms with E-state index in [2.05, 4.69) is 5.32 Å². The summed E-state index contributed by atoms with van der Waals surface area (Å²) in [5.41, 5.74) is -0.587. The third-order valence-corrected chi connectivity index (χ3v) is 3.87. The van der Waals surface area contributed by atoms with Crippen LogP contribution < -0.4 is 5.32 Å². The number of imide groups is 1. The summed E-state index contributed by atoms with van der Waals surface area (Å²) < 4.78 is 13.1. The summed E-state index contributed by atoms with van der Waals surface area (Å²) in [4.78, 5) is 26.0. The van der Waals surface area contributed by atoms with E-state index in [0.29, 0.717) is 12.0 Å². The fourth-order valence-electron chi connectivity index (χ4n) is 2.68. The average molecular weight is 303 g/mol. The highest BCUT2D eigenvalue weighted by Crippen LogP contribution is 2.34. The Bertz CT molecular complexity index is 609. The van der Waals surface area contributed by atoms with Gasteiger partial charge < -0.3 is 5.32 Å². The molecule has 1 aromatic carbocycles. The van der Waals surface area contributed by atoms with E-state index >= 15 is 0 Å². The molecule has 1 heterocycles. The van der Waals surface area contributed by atoms with E-state index < -0.39 is 17.4 Å². The van der Waals surface area contributed by atoms with E-state index in [1.807, 2.05) is 13.0 Å². The molecule has 2 rings (SSSR count). The van der Waals surface area contributed by atoms with Crippen LogP contribution >= 0.6 is 0 Å². The van der Waals surface area contributed by atoms with E-state index in [1.54, 1.807) is 0 Å². The van der Waals surface area contributed by atoms with Gasteiger partial charge in [0.15, 0.2) is 0 Å². The van der Waals surface area contributed by atoms with Crippen molar-refractivity contribution < 1.29 is 14.0 Å². The van der Waals surface area contributed by atoms with Gasteiger partial charge in [0, 0.05) is 6.54 Å². The van der Waals surface area contributed by atoms with Gasteiger partial charge >= 0.3 is 6.03 Å². The van der Waals surface area contributed by atoms with Gasteiger partial charge in [0.1, 0.15) is 11.4 Å². The molecular weight excluding hydrogens is 285 g/mol. The first-order chi connectivity index (χ1) is 10.5. The number of unbranched alkanes of at least 4 members (excludes halogenated alkanes) is 1. The zero-order valence-corrected chi connectivity index (χ0v) is 12.4. The van der Waals surface area contributed by atoms with Crippen LogP contribution in [0.3, 0.4) is 0 Å². The zero-order valence-electron chi connectivity index (χ0n) is 12.4. The van der Waals surface area contributed by atoms with E-state index in [1.165, 1.54) is 24.3 Å². The number of rotatable bonds is 6. The average Bonchev–Trinajstić information content (AvgIpc) is 2.75. The first kappa shape index (κ1) is 16.0. The van der Waals surface area contributed by atoms with Gasteiger partial charge in [0.25, 0.3) is 5.91 Å². The Balaban J connectivity index is 2.38. The van der Waals surface area contributed by atoms with Gasteiger partial charge in [-0.1, -0.05) is 31.9 Å². The second kappa shape index (κ2) is 6.56. The number of halogens is 1. The highest BCUT2D eigenvalue weighted by molar-refractivity contribution is 6.07. The third kappa shape index (κ3) is 2.80. The molecule has 0 saturated carbocycles. The minimum Gasteiger partial charge on any atom is -0.319 e. The van der Waals surface area contributed by atoms with Crippen molar-refractivity contribution in [2.24, 2.45) is 0 Å². The Morgan fingerprint density at radius 2 is 2.00 bits per heavy atom.